The third kappa shape index (κ3) is 2.97. The first kappa shape index (κ1) is 11.9. The molecule has 0 aliphatic rings. The van der Waals surface area contributed by atoms with Gasteiger partial charge in [-0.25, -0.2) is 9.97 Å². The van der Waals surface area contributed by atoms with E-state index in [9.17, 15) is 0 Å². The Morgan fingerprint density at radius 1 is 1.18 bits per heavy atom. The molecule has 0 atom stereocenters. The molecule has 4 heteroatoms. The zero-order valence-corrected chi connectivity index (χ0v) is 10.8. The van der Waals surface area contributed by atoms with Crippen LogP contribution < -0.4 is 5.32 Å². The highest BCUT2D eigenvalue weighted by Gasteiger charge is 2.02. The van der Waals surface area contributed by atoms with Crippen LogP contribution >= 0.6 is 11.8 Å². The van der Waals surface area contributed by atoms with Gasteiger partial charge >= 0.3 is 0 Å². The monoisotopic (exact) mass is 245 g/mol. The van der Waals surface area contributed by atoms with E-state index in [4.69, 9.17) is 0 Å². The van der Waals surface area contributed by atoms with E-state index in [1.165, 1.54) is 4.90 Å². The molecule has 0 fully saturated rings. The summed E-state index contributed by atoms with van der Waals surface area (Å²) in [5.74, 6) is 1.63. The van der Waals surface area contributed by atoms with Gasteiger partial charge in [-0.1, -0.05) is 12.1 Å². The highest BCUT2D eigenvalue weighted by Crippen LogP contribution is 2.20. The van der Waals surface area contributed by atoms with E-state index in [-0.39, 0.29) is 0 Å². The van der Waals surface area contributed by atoms with Crippen LogP contribution in [0.2, 0.25) is 0 Å². The molecule has 0 saturated carbocycles. The fourth-order valence-electron chi connectivity index (χ4n) is 1.52. The smallest absolute Gasteiger partial charge is 0.161 e. The van der Waals surface area contributed by atoms with Crippen molar-refractivity contribution in [3.05, 3.63) is 36.5 Å². The van der Waals surface area contributed by atoms with Gasteiger partial charge in [-0.3, -0.25) is 0 Å². The second-order valence-electron chi connectivity index (χ2n) is 3.52. The second-order valence-corrected chi connectivity index (χ2v) is 4.40. The quantitative estimate of drug-likeness (QED) is 0.839. The van der Waals surface area contributed by atoms with E-state index >= 15 is 0 Å². The van der Waals surface area contributed by atoms with Crippen molar-refractivity contribution < 1.29 is 0 Å². The average molecular weight is 245 g/mol. The first-order chi connectivity index (χ1) is 8.33. The van der Waals surface area contributed by atoms with E-state index < -0.39 is 0 Å². The van der Waals surface area contributed by atoms with E-state index in [0.29, 0.717) is 0 Å². The maximum Gasteiger partial charge on any atom is 0.161 e. The number of thioether (sulfide) groups is 1. The largest absolute Gasteiger partial charge is 0.370 e. The minimum atomic E-state index is 0.760. The maximum absolute atomic E-state index is 4.46. The SMILES string of the molecule is CCNc1ccnc(-c2ccc(SC)cc2)n1. The third-order valence-electron chi connectivity index (χ3n) is 2.36. The fourth-order valence-corrected chi connectivity index (χ4v) is 1.93. The Labute approximate surface area is 106 Å². The van der Waals surface area contributed by atoms with Crippen molar-refractivity contribution in [1.29, 1.82) is 0 Å². The van der Waals surface area contributed by atoms with E-state index in [1.54, 1.807) is 18.0 Å². The van der Waals surface area contributed by atoms with Crippen LogP contribution in [0.3, 0.4) is 0 Å². The molecule has 17 heavy (non-hydrogen) atoms. The van der Waals surface area contributed by atoms with Crippen molar-refractivity contribution >= 4 is 17.6 Å². The summed E-state index contributed by atoms with van der Waals surface area (Å²) in [7, 11) is 0. The topological polar surface area (TPSA) is 37.8 Å². The molecule has 0 saturated heterocycles. The minimum Gasteiger partial charge on any atom is -0.370 e. The molecular formula is C13H15N3S. The average Bonchev–Trinajstić information content (AvgIpc) is 2.40. The minimum absolute atomic E-state index is 0.760. The molecule has 0 radical (unpaired) electrons. The molecule has 2 rings (SSSR count). The molecule has 88 valence electrons. The summed E-state index contributed by atoms with van der Waals surface area (Å²) in [6.07, 6.45) is 3.85. The van der Waals surface area contributed by atoms with Crippen molar-refractivity contribution in [2.24, 2.45) is 0 Å². The van der Waals surface area contributed by atoms with Crippen LogP contribution in [-0.4, -0.2) is 22.8 Å². The molecule has 0 aliphatic carbocycles. The molecule has 3 nitrogen and oxygen atoms in total. The zero-order chi connectivity index (χ0) is 12.1. The predicted octanol–water partition coefficient (Wildman–Crippen LogP) is 3.30. The Morgan fingerprint density at radius 3 is 2.59 bits per heavy atom. The van der Waals surface area contributed by atoms with Gasteiger partial charge in [0.15, 0.2) is 5.82 Å². The Hall–Kier alpha value is -1.55. The molecule has 1 heterocycles. The van der Waals surface area contributed by atoms with Gasteiger partial charge in [0.25, 0.3) is 0 Å². The highest BCUT2D eigenvalue weighted by atomic mass is 32.2. The molecule has 0 amide bonds. The van der Waals surface area contributed by atoms with Gasteiger partial charge in [0.05, 0.1) is 0 Å². The number of rotatable bonds is 4. The van der Waals surface area contributed by atoms with Crippen molar-refractivity contribution in [3.63, 3.8) is 0 Å². The third-order valence-corrected chi connectivity index (χ3v) is 3.11. The van der Waals surface area contributed by atoms with Gasteiger partial charge in [0.1, 0.15) is 5.82 Å². The normalized spacial score (nSPS) is 10.2. The number of anilines is 1. The first-order valence-corrected chi connectivity index (χ1v) is 6.77. The summed E-state index contributed by atoms with van der Waals surface area (Å²) in [5, 5.41) is 3.18. The second kappa shape index (κ2) is 5.68. The lowest BCUT2D eigenvalue weighted by molar-refractivity contribution is 1.12. The Bertz CT molecular complexity index is 482. The summed E-state index contributed by atoms with van der Waals surface area (Å²) in [6.45, 7) is 2.91. The van der Waals surface area contributed by atoms with Crippen molar-refractivity contribution in [2.75, 3.05) is 18.1 Å². The van der Waals surface area contributed by atoms with Gasteiger partial charge in [0, 0.05) is 23.2 Å². The Kier molecular flexibility index (Phi) is 3.98. The number of benzene rings is 1. The number of aromatic nitrogens is 2. The summed E-state index contributed by atoms with van der Waals surface area (Å²) in [6, 6.07) is 10.2. The van der Waals surface area contributed by atoms with E-state index in [2.05, 4.69) is 52.7 Å². The van der Waals surface area contributed by atoms with Crippen LogP contribution in [0.25, 0.3) is 11.4 Å². The van der Waals surface area contributed by atoms with Crippen LogP contribution in [-0.2, 0) is 0 Å². The van der Waals surface area contributed by atoms with E-state index in [0.717, 1.165) is 23.8 Å². The molecule has 0 spiro atoms. The molecule has 2 aromatic rings. The molecule has 1 N–H and O–H groups in total. The Morgan fingerprint density at radius 2 is 1.94 bits per heavy atom. The van der Waals surface area contributed by atoms with Crippen LogP contribution in [0.5, 0.6) is 0 Å². The molecule has 0 bridgehead atoms. The highest BCUT2D eigenvalue weighted by molar-refractivity contribution is 7.98. The maximum atomic E-state index is 4.46. The van der Waals surface area contributed by atoms with Crippen molar-refractivity contribution in [3.8, 4) is 11.4 Å². The standard InChI is InChI=1S/C13H15N3S/c1-3-14-12-8-9-15-13(16-12)10-4-6-11(17-2)7-5-10/h4-9H,3H2,1-2H3,(H,14,15,16). The zero-order valence-electron chi connectivity index (χ0n) is 9.97. The van der Waals surface area contributed by atoms with Gasteiger partial charge in [0.2, 0.25) is 0 Å². The van der Waals surface area contributed by atoms with Gasteiger partial charge in [-0.15, -0.1) is 11.8 Å². The first-order valence-electron chi connectivity index (χ1n) is 5.55. The number of hydrogen-bond acceptors (Lipinski definition) is 4. The lowest BCUT2D eigenvalue weighted by atomic mass is 10.2. The summed E-state index contributed by atoms with van der Waals surface area (Å²) in [5.41, 5.74) is 1.04. The number of nitrogens with zero attached hydrogens (tertiary/aromatic N) is 2. The Balaban J connectivity index is 2.28. The lowest BCUT2D eigenvalue weighted by Gasteiger charge is -2.05. The summed E-state index contributed by atoms with van der Waals surface area (Å²) >= 11 is 1.73. The van der Waals surface area contributed by atoms with Gasteiger partial charge in [-0.2, -0.15) is 0 Å². The number of nitrogens with one attached hydrogen (secondary N) is 1. The summed E-state index contributed by atoms with van der Waals surface area (Å²) in [4.78, 5) is 10.00. The molecular weight excluding hydrogens is 230 g/mol. The predicted molar refractivity (Wildman–Crippen MR) is 73.4 cm³/mol. The van der Waals surface area contributed by atoms with Crippen molar-refractivity contribution in [1.82, 2.24) is 9.97 Å². The van der Waals surface area contributed by atoms with Crippen LogP contribution in [0.1, 0.15) is 6.92 Å². The molecule has 1 aromatic heterocycles. The van der Waals surface area contributed by atoms with Gasteiger partial charge < -0.3 is 5.32 Å². The fraction of sp³-hybridized carbons (Fsp3) is 0.231. The molecule has 0 aliphatic heterocycles. The lowest BCUT2D eigenvalue weighted by Crippen LogP contribution is -2.00. The van der Waals surface area contributed by atoms with Crippen molar-refractivity contribution in [2.45, 2.75) is 11.8 Å². The van der Waals surface area contributed by atoms with Gasteiger partial charge in [-0.05, 0) is 31.4 Å². The van der Waals surface area contributed by atoms with Crippen LogP contribution in [0.4, 0.5) is 5.82 Å². The molecule has 0 unspecified atom stereocenters. The van der Waals surface area contributed by atoms with Crippen LogP contribution in [0, 0.1) is 0 Å². The molecule has 1 aromatic carbocycles. The van der Waals surface area contributed by atoms with Crippen LogP contribution in [0.15, 0.2) is 41.4 Å². The summed E-state index contributed by atoms with van der Waals surface area (Å²) < 4.78 is 0. The number of hydrogen-bond donors (Lipinski definition) is 1. The van der Waals surface area contributed by atoms with E-state index in [1.807, 2.05) is 6.07 Å².